The highest BCUT2D eigenvalue weighted by atomic mass is 16.5. The first-order valence-corrected chi connectivity index (χ1v) is 5.35. The fourth-order valence-corrected chi connectivity index (χ4v) is 1.93. The Labute approximate surface area is 100 Å². The summed E-state index contributed by atoms with van der Waals surface area (Å²) >= 11 is 0. The Morgan fingerprint density at radius 1 is 1.00 bits per heavy atom. The zero-order valence-corrected chi connectivity index (χ0v) is 10.2. The minimum absolute atomic E-state index is 0.288. The fourth-order valence-electron chi connectivity index (χ4n) is 1.93. The first-order chi connectivity index (χ1) is 8.11. The maximum absolute atomic E-state index is 5.47. The van der Waals surface area contributed by atoms with Crippen molar-refractivity contribution < 1.29 is 4.74 Å². The highest BCUT2D eigenvalue weighted by Gasteiger charge is 2.07. The Balaban J connectivity index is 2.50. The Kier molecular flexibility index (Phi) is 2.95. The van der Waals surface area contributed by atoms with Gasteiger partial charge in [-0.2, -0.15) is 0 Å². The Bertz CT molecular complexity index is 512. The van der Waals surface area contributed by atoms with Crippen LogP contribution in [0, 0.1) is 13.8 Å². The summed E-state index contributed by atoms with van der Waals surface area (Å²) in [6.45, 7) is 4.04. The molecule has 0 bridgehead atoms. The molecule has 1 heterocycles. The summed E-state index contributed by atoms with van der Waals surface area (Å²) in [5.74, 6) is 1.21. The third-order valence-electron chi connectivity index (χ3n) is 2.67. The average molecular weight is 229 g/mol. The zero-order chi connectivity index (χ0) is 12.4. The third kappa shape index (κ3) is 2.20. The molecule has 0 unspecified atom stereocenters. The van der Waals surface area contributed by atoms with Gasteiger partial charge in [0.1, 0.15) is 5.75 Å². The van der Waals surface area contributed by atoms with Crippen LogP contribution in [0.25, 0.3) is 11.1 Å². The maximum Gasteiger partial charge on any atom is 0.219 e. The Morgan fingerprint density at radius 2 is 1.53 bits per heavy atom. The minimum atomic E-state index is 0.288. The van der Waals surface area contributed by atoms with Gasteiger partial charge in [-0.25, -0.2) is 9.97 Å². The smallest absolute Gasteiger partial charge is 0.219 e. The summed E-state index contributed by atoms with van der Waals surface area (Å²) in [6.07, 6.45) is 3.45. The summed E-state index contributed by atoms with van der Waals surface area (Å²) in [6, 6.07) is 4.11. The summed E-state index contributed by atoms with van der Waals surface area (Å²) < 4.78 is 5.33. The molecule has 0 atom stereocenters. The number of methoxy groups -OCH3 is 1. The van der Waals surface area contributed by atoms with Crippen molar-refractivity contribution in [1.82, 2.24) is 9.97 Å². The molecule has 4 nitrogen and oxygen atoms in total. The van der Waals surface area contributed by atoms with Crippen LogP contribution in [0.3, 0.4) is 0 Å². The molecule has 0 saturated heterocycles. The van der Waals surface area contributed by atoms with Gasteiger partial charge in [-0.15, -0.1) is 0 Å². The van der Waals surface area contributed by atoms with Crippen molar-refractivity contribution in [3.05, 3.63) is 35.7 Å². The van der Waals surface area contributed by atoms with Crippen molar-refractivity contribution in [1.29, 1.82) is 0 Å². The van der Waals surface area contributed by atoms with Crippen molar-refractivity contribution in [2.75, 3.05) is 12.8 Å². The van der Waals surface area contributed by atoms with E-state index in [-0.39, 0.29) is 5.95 Å². The lowest BCUT2D eigenvalue weighted by molar-refractivity contribution is 0.408. The molecule has 1 aromatic heterocycles. The number of benzene rings is 1. The zero-order valence-electron chi connectivity index (χ0n) is 10.2. The molecule has 17 heavy (non-hydrogen) atoms. The number of aryl methyl sites for hydroxylation is 2. The number of aromatic nitrogens is 2. The van der Waals surface area contributed by atoms with E-state index in [0.29, 0.717) is 0 Å². The van der Waals surface area contributed by atoms with E-state index in [2.05, 4.69) is 22.1 Å². The van der Waals surface area contributed by atoms with Crippen molar-refractivity contribution in [2.45, 2.75) is 13.8 Å². The second kappa shape index (κ2) is 4.41. The molecule has 0 aliphatic heterocycles. The van der Waals surface area contributed by atoms with Crippen molar-refractivity contribution >= 4 is 5.95 Å². The fraction of sp³-hybridized carbons (Fsp3) is 0.231. The van der Waals surface area contributed by atoms with Crippen LogP contribution >= 0.6 is 0 Å². The topological polar surface area (TPSA) is 61.0 Å². The van der Waals surface area contributed by atoms with Crippen LogP contribution in [0.4, 0.5) is 5.95 Å². The SMILES string of the molecule is COc1c(C)cc(-c2cnc(N)nc2)cc1C. The lowest BCUT2D eigenvalue weighted by Gasteiger charge is -2.11. The molecule has 0 radical (unpaired) electrons. The van der Waals surface area contributed by atoms with Gasteiger partial charge in [-0.3, -0.25) is 0 Å². The molecule has 0 fully saturated rings. The van der Waals surface area contributed by atoms with Gasteiger partial charge in [0.05, 0.1) is 7.11 Å². The molecule has 0 spiro atoms. The third-order valence-corrected chi connectivity index (χ3v) is 2.67. The van der Waals surface area contributed by atoms with E-state index in [9.17, 15) is 0 Å². The molecule has 4 heteroatoms. The van der Waals surface area contributed by atoms with Crippen LogP contribution in [0.15, 0.2) is 24.5 Å². The van der Waals surface area contributed by atoms with Gasteiger partial charge < -0.3 is 10.5 Å². The van der Waals surface area contributed by atoms with Gasteiger partial charge in [0.2, 0.25) is 5.95 Å². The minimum Gasteiger partial charge on any atom is -0.496 e. The Morgan fingerprint density at radius 3 is 2.00 bits per heavy atom. The number of anilines is 1. The molecular weight excluding hydrogens is 214 g/mol. The van der Waals surface area contributed by atoms with Crippen LogP contribution in [0.5, 0.6) is 5.75 Å². The second-order valence-electron chi connectivity index (χ2n) is 3.97. The molecule has 0 saturated carbocycles. The summed E-state index contributed by atoms with van der Waals surface area (Å²) in [7, 11) is 1.68. The van der Waals surface area contributed by atoms with Crippen molar-refractivity contribution in [3.63, 3.8) is 0 Å². The van der Waals surface area contributed by atoms with Crippen molar-refractivity contribution in [2.24, 2.45) is 0 Å². The molecule has 1 aromatic carbocycles. The van der Waals surface area contributed by atoms with Gasteiger partial charge >= 0.3 is 0 Å². The normalized spacial score (nSPS) is 10.3. The van der Waals surface area contributed by atoms with E-state index in [1.807, 2.05) is 13.8 Å². The molecule has 0 amide bonds. The van der Waals surface area contributed by atoms with E-state index in [0.717, 1.165) is 28.0 Å². The lowest BCUT2D eigenvalue weighted by atomic mass is 10.0. The molecule has 2 aromatic rings. The van der Waals surface area contributed by atoms with Crippen molar-refractivity contribution in [3.8, 4) is 16.9 Å². The van der Waals surface area contributed by atoms with Gasteiger partial charge in [0, 0.05) is 18.0 Å². The van der Waals surface area contributed by atoms with Gasteiger partial charge in [0.25, 0.3) is 0 Å². The molecule has 0 aliphatic carbocycles. The standard InChI is InChI=1S/C13H15N3O/c1-8-4-10(5-9(2)12(8)17-3)11-6-15-13(14)16-7-11/h4-7H,1-3H3,(H2,14,15,16). The predicted molar refractivity (Wildman–Crippen MR) is 67.9 cm³/mol. The summed E-state index contributed by atoms with van der Waals surface area (Å²) in [4.78, 5) is 7.99. The number of hydrogen-bond acceptors (Lipinski definition) is 4. The molecule has 2 rings (SSSR count). The van der Waals surface area contributed by atoms with Crippen LogP contribution in [0.2, 0.25) is 0 Å². The maximum atomic E-state index is 5.47. The number of nitrogens with two attached hydrogens (primary N) is 1. The number of nitrogens with zero attached hydrogens (tertiary/aromatic N) is 2. The highest BCUT2D eigenvalue weighted by molar-refractivity contribution is 5.66. The highest BCUT2D eigenvalue weighted by Crippen LogP contribution is 2.29. The average Bonchev–Trinajstić information content (AvgIpc) is 2.29. The van der Waals surface area contributed by atoms with Crippen LogP contribution in [-0.4, -0.2) is 17.1 Å². The van der Waals surface area contributed by atoms with E-state index >= 15 is 0 Å². The van der Waals surface area contributed by atoms with Gasteiger partial charge in [-0.1, -0.05) is 0 Å². The van der Waals surface area contributed by atoms with Crippen LogP contribution in [-0.2, 0) is 0 Å². The first kappa shape index (κ1) is 11.4. The predicted octanol–water partition coefficient (Wildman–Crippen LogP) is 2.35. The molecule has 88 valence electrons. The second-order valence-corrected chi connectivity index (χ2v) is 3.97. The number of nitrogen functional groups attached to an aromatic ring is 1. The number of hydrogen-bond donors (Lipinski definition) is 1. The molecular formula is C13H15N3O. The number of rotatable bonds is 2. The molecule has 0 aliphatic rings. The van der Waals surface area contributed by atoms with Gasteiger partial charge in [0.15, 0.2) is 0 Å². The van der Waals surface area contributed by atoms with E-state index in [1.165, 1.54) is 0 Å². The van der Waals surface area contributed by atoms with E-state index < -0.39 is 0 Å². The van der Waals surface area contributed by atoms with E-state index in [1.54, 1.807) is 19.5 Å². The van der Waals surface area contributed by atoms with Crippen LogP contribution < -0.4 is 10.5 Å². The quantitative estimate of drug-likeness (QED) is 0.858. The summed E-state index contributed by atoms with van der Waals surface area (Å²) in [5.41, 5.74) is 9.68. The lowest BCUT2D eigenvalue weighted by Crippen LogP contribution is -1.95. The first-order valence-electron chi connectivity index (χ1n) is 5.35. The largest absolute Gasteiger partial charge is 0.496 e. The Hall–Kier alpha value is -2.10. The number of ether oxygens (including phenoxy) is 1. The van der Waals surface area contributed by atoms with Gasteiger partial charge in [-0.05, 0) is 42.7 Å². The monoisotopic (exact) mass is 229 g/mol. The summed E-state index contributed by atoms with van der Waals surface area (Å²) in [5, 5.41) is 0. The van der Waals surface area contributed by atoms with E-state index in [4.69, 9.17) is 10.5 Å². The van der Waals surface area contributed by atoms with Crippen LogP contribution in [0.1, 0.15) is 11.1 Å². The molecule has 2 N–H and O–H groups in total.